The normalized spacial score (nSPS) is 10.8. The van der Waals surface area contributed by atoms with Crippen molar-refractivity contribution in [2.75, 3.05) is 13.2 Å². The summed E-state index contributed by atoms with van der Waals surface area (Å²) in [6.45, 7) is 3.67. The van der Waals surface area contributed by atoms with Crippen molar-refractivity contribution in [3.05, 3.63) is 57.6 Å². The monoisotopic (exact) mass is 353 g/mol. The van der Waals surface area contributed by atoms with E-state index in [4.69, 9.17) is 11.6 Å². The maximum absolute atomic E-state index is 13.7. The largest absolute Gasteiger partial charge is 0.396 e. The van der Waals surface area contributed by atoms with Gasteiger partial charge in [0, 0.05) is 24.2 Å². The van der Waals surface area contributed by atoms with Crippen LogP contribution in [0.15, 0.2) is 24.3 Å². The molecule has 128 valence electrons. The van der Waals surface area contributed by atoms with Crippen LogP contribution in [0.4, 0.5) is 8.78 Å². The molecule has 0 aliphatic rings. The fourth-order valence-corrected chi connectivity index (χ4v) is 2.91. The van der Waals surface area contributed by atoms with E-state index in [1.54, 1.807) is 19.9 Å². The highest BCUT2D eigenvalue weighted by atomic mass is 35.5. The third-order valence-electron chi connectivity index (χ3n) is 3.70. The lowest BCUT2D eigenvalue weighted by atomic mass is 9.89. The van der Waals surface area contributed by atoms with Crippen LogP contribution in [0.2, 0.25) is 5.02 Å². The molecule has 2 N–H and O–H groups in total. The van der Waals surface area contributed by atoms with Crippen molar-refractivity contribution >= 4 is 17.5 Å². The van der Waals surface area contributed by atoms with Gasteiger partial charge in [-0.05, 0) is 60.7 Å². The lowest BCUT2D eigenvalue weighted by molar-refractivity contribution is 0.0955. The van der Waals surface area contributed by atoms with E-state index in [1.165, 1.54) is 0 Å². The molecular formula is C18H18ClF2NO2. The van der Waals surface area contributed by atoms with Crippen LogP contribution in [-0.4, -0.2) is 24.2 Å². The average Bonchev–Trinajstić information content (AvgIpc) is 2.49. The molecule has 0 saturated heterocycles. The summed E-state index contributed by atoms with van der Waals surface area (Å²) in [5.41, 5.74) is 1.95. The zero-order chi connectivity index (χ0) is 17.9. The fourth-order valence-electron chi connectivity index (χ4n) is 2.68. The molecule has 3 nitrogen and oxygen atoms in total. The number of rotatable bonds is 5. The van der Waals surface area contributed by atoms with Crippen LogP contribution in [0.5, 0.6) is 0 Å². The van der Waals surface area contributed by atoms with Crippen LogP contribution in [0.25, 0.3) is 11.1 Å². The third kappa shape index (κ3) is 3.74. The number of carbonyl (C=O) groups is 1. The van der Waals surface area contributed by atoms with Crippen molar-refractivity contribution in [1.82, 2.24) is 5.32 Å². The Hall–Kier alpha value is -1.98. The van der Waals surface area contributed by atoms with E-state index in [2.05, 4.69) is 5.32 Å². The molecule has 1 amide bonds. The van der Waals surface area contributed by atoms with Gasteiger partial charge in [-0.2, -0.15) is 0 Å². The lowest BCUT2D eigenvalue weighted by Crippen LogP contribution is -2.25. The Labute approximate surface area is 144 Å². The second-order valence-electron chi connectivity index (χ2n) is 5.38. The smallest absolute Gasteiger partial charge is 0.252 e. The zero-order valence-corrected chi connectivity index (χ0v) is 14.2. The molecule has 0 atom stereocenters. The molecule has 0 spiro atoms. The lowest BCUT2D eigenvalue weighted by Gasteiger charge is -2.18. The number of aliphatic hydroxyl groups is 1. The van der Waals surface area contributed by atoms with Gasteiger partial charge in [-0.15, -0.1) is 0 Å². The van der Waals surface area contributed by atoms with Crippen LogP contribution in [0, 0.1) is 18.6 Å². The topological polar surface area (TPSA) is 49.3 Å². The molecule has 0 bridgehead atoms. The third-order valence-corrected chi connectivity index (χ3v) is 4.09. The van der Waals surface area contributed by atoms with Gasteiger partial charge in [0.25, 0.3) is 5.91 Å². The van der Waals surface area contributed by atoms with Gasteiger partial charge >= 0.3 is 0 Å². The number of hydrogen-bond acceptors (Lipinski definition) is 2. The Morgan fingerprint density at radius 3 is 2.38 bits per heavy atom. The van der Waals surface area contributed by atoms with Gasteiger partial charge < -0.3 is 10.4 Å². The van der Waals surface area contributed by atoms with E-state index in [0.29, 0.717) is 28.3 Å². The van der Waals surface area contributed by atoms with E-state index < -0.39 is 11.6 Å². The predicted octanol–water partition coefficient (Wildman–Crippen LogP) is 3.88. The number of halogens is 3. The number of aliphatic hydroxyl groups excluding tert-OH is 1. The van der Waals surface area contributed by atoms with Crippen molar-refractivity contribution in [3.63, 3.8) is 0 Å². The molecule has 0 fully saturated rings. The molecule has 0 radical (unpaired) electrons. The number of amides is 1. The van der Waals surface area contributed by atoms with E-state index in [9.17, 15) is 18.7 Å². The summed E-state index contributed by atoms with van der Waals surface area (Å²) in [4.78, 5) is 12.5. The van der Waals surface area contributed by atoms with Gasteiger partial charge in [-0.1, -0.05) is 11.6 Å². The van der Waals surface area contributed by atoms with Crippen molar-refractivity contribution in [3.8, 4) is 11.1 Å². The van der Waals surface area contributed by atoms with Gasteiger partial charge in [-0.25, -0.2) is 8.78 Å². The average molecular weight is 354 g/mol. The van der Waals surface area contributed by atoms with E-state index in [-0.39, 0.29) is 30.1 Å². The molecule has 2 aromatic carbocycles. The highest BCUT2D eigenvalue weighted by Gasteiger charge is 2.22. The Kier molecular flexibility index (Phi) is 5.91. The summed E-state index contributed by atoms with van der Waals surface area (Å²) in [5, 5.41) is 12.4. The summed E-state index contributed by atoms with van der Waals surface area (Å²) in [6.07, 6.45) is 0.208. The van der Waals surface area contributed by atoms with Gasteiger partial charge in [0.05, 0.1) is 5.56 Å². The maximum Gasteiger partial charge on any atom is 0.252 e. The number of carbonyl (C=O) groups excluding carboxylic acids is 1. The quantitative estimate of drug-likeness (QED) is 0.857. The first-order valence-electron chi connectivity index (χ1n) is 7.56. The van der Waals surface area contributed by atoms with Crippen molar-refractivity contribution < 1.29 is 18.7 Å². The van der Waals surface area contributed by atoms with Crippen molar-refractivity contribution in [2.45, 2.75) is 20.3 Å². The summed E-state index contributed by atoms with van der Waals surface area (Å²) >= 11 is 6.21. The molecule has 0 unspecified atom stereocenters. The maximum atomic E-state index is 13.7. The van der Waals surface area contributed by atoms with Gasteiger partial charge in [-0.3, -0.25) is 4.79 Å². The molecule has 2 rings (SSSR count). The molecular weight excluding hydrogens is 336 g/mol. The highest BCUT2D eigenvalue weighted by molar-refractivity contribution is 6.32. The molecule has 6 heteroatoms. The minimum absolute atomic E-state index is 0.182. The van der Waals surface area contributed by atoms with Gasteiger partial charge in [0.1, 0.15) is 11.6 Å². The molecule has 0 aromatic heterocycles. The molecule has 0 saturated carbocycles. The Morgan fingerprint density at radius 1 is 1.21 bits per heavy atom. The number of nitrogens with one attached hydrogen (secondary N) is 1. The number of hydrogen-bond donors (Lipinski definition) is 2. The molecule has 2 aromatic rings. The molecule has 0 aliphatic heterocycles. The Balaban J connectivity index is 2.83. The standard InChI is InChI=1S/C18H18ClF2NO2/c1-3-22-18(24)16-10(2)15(19)8-11(4-5-23)17(16)12-6-13(20)9-14(21)7-12/h6-9,23H,3-5H2,1-2H3,(H,22,24). The van der Waals surface area contributed by atoms with E-state index >= 15 is 0 Å². The number of benzene rings is 2. The Bertz CT molecular complexity index is 758. The van der Waals surface area contributed by atoms with Crippen LogP contribution in [0.1, 0.15) is 28.4 Å². The second-order valence-corrected chi connectivity index (χ2v) is 5.79. The second kappa shape index (κ2) is 7.73. The Morgan fingerprint density at radius 2 is 1.83 bits per heavy atom. The zero-order valence-electron chi connectivity index (χ0n) is 13.4. The van der Waals surface area contributed by atoms with Crippen molar-refractivity contribution in [1.29, 1.82) is 0 Å². The SMILES string of the molecule is CCNC(=O)c1c(C)c(Cl)cc(CCO)c1-c1cc(F)cc(F)c1. The first kappa shape index (κ1) is 18.4. The summed E-state index contributed by atoms with van der Waals surface area (Å²) in [5.74, 6) is -1.86. The molecule has 0 aliphatic carbocycles. The van der Waals surface area contributed by atoms with Gasteiger partial charge in [0.15, 0.2) is 0 Å². The predicted molar refractivity (Wildman–Crippen MR) is 90.3 cm³/mol. The van der Waals surface area contributed by atoms with Gasteiger partial charge in [0.2, 0.25) is 0 Å². The first-order chi connectivity index (χ1) is 11.4. The van der Waals surface area contributed by atoms with Crippen molar-refractivity contribution in [2.24, 2.45) is 0 Å². The fraction of sp³-hybridized carbons (Fsp3) is 0.278. The van der Waals surface area contributed by atoms with E-state index in [1.807, 2.05) is 0 Å². The molecule has 0 heterocycles. The van der Waals surface area contributed by atoms with E-state index in [0.717, 1.165) is 18.2 Å². The van der Waals surface area contributed by atoms with Crippen LogP contribution in [-0.2, 0) is 6.42 Å². The van der Waals surface area contributed by atoms with Crippen LogP contribution < -0.4 is 5.32 Å². The van der Waals surface area contributed by atoms with Crippen LogP contribution in [0.3, 0.4) is 0 Å². The van der Waals surface area contributed by atoms with Crippen LogP contribution >= 0.6 is 11.6 Å². The minimum Gasteiger partial charge on any atom is -0.396 e. The minimum atomic E-state index is -0.741. The molecule has 24 heavy (non-hydrogen) atoms. The summed E-state index contributed by atoms with van der Waals surface area (Å²) in [7, 11) is 0. The highest BCUT2D eigenvalue weighted by Crippen LogP contribution is 2.35. The summed E-state index contributed by atoms with van der Waals surface area (Å²) in [6, 6.07) is 4.71. The summed E-state index contributed by atoms with van der Waals surface area (Å²) < 4.78 is 27.4. The first-order valence-corrected chi connectivity index (χ1v) is 7.94.